The highest BCUT2D eigenvalue weighted by molar-refractivity contribution is 5.70. The minimum atomic E-state index is -0.749. The van der Waals surface area contributed by atoms with Crippen molar-refractivity contribution >= 4 is 5.97 Å². The maximum absolute atomic E-state index is 11.3. The van der Waals surface area contributed by atoms with E-state index in [0.29, 0.717) is 32.0 Å². The van der Waals surface area contributed by atoms with Gasteiger partial charge in [-0.3, -0.25) is 9.78 Å². The van der Waals surface area contributed by atoms with Crippen molar-refractivity contribution in [3.8, 4) is 5.75 Å². The molecule has 25 heavy (non-hydrogen) atoms. The molecule has 0 bridgehead atoms. The minimum absolute atomic E-state index is 0.358. The van der Waals surface area contributed by atoms with Crippen molar-refractivity contribution in [3.63, 3.8) is 0 Å². The van der Waals surface area contributed by atoms with Crippen LogP contribution in [0.4, 0.5) is 0 Å². The van der Waals surface area contributed by atoms with Crippen LogP contribution in [0.3, 0.4) is 0 Å². The molecule has 1 aromatic carbocycles. The fourth-order valence-electron chi connectivity index (χ4n) is 2.65. The van der Waals surface area contributed by atoms with Crippen molar-refractivity contribution in [2.75, 3.05) is 6.54 Å². The summed E-state index contributed by atoms with van der Waals surface area (Å²) in [6.45, 7) is 5.50. The Bertz CT molecular complexity index is 659. The summed E-state index contributed by atoms with van der Waals surface area (Å²) >= 11 is 0. The molecule has 1 unspecified atom stereocenters. The Labute approximate surface area is 149 Å². The highest BCUT2D eigenvalue weighted by Crippen LogP contribution is 2.19. The van der Waals surface area contributed by atoms with E-state index in [0.717, 1.165) is 17.0 Å². The Morgan fingerprint density at radius 3 is 2.64 bits per heavy atom. The smallest absolute Gasteiger partial charge is 0.307 e. The van der Waals surface area contributed by atoms with E-state index in [1.807, 2.05) is 56.3 Å². The maximum Gasteiger partial charge on any atom is 0.307 e. The number of nitrogens with one attached hydrogen (secondary N) is 1. The van der Waals surface area contributed by atoms with Gasteiger partial charge in [0.25, 0.3) is 0 Å². The highest BCUT2D eigenvalue weighted by atomic mass is 16.5. The quantitative estimate of drug-likeness (QED) is 0.691. The van der Waals surface area contributed by atoms with Crippen molar-refractivity contribution in [2.45, 2.75) is 33.4 Å². The molecule has 2 N–H and O–H groups in total. The molecular weight excluding hydrogens is 316 g/mol. The third-order valence-corrected chi connectivity index (χ3v) is 3.89. The number of carboxylic acids is 1. The van der Waals surface area contributed by atoms with E-state index < -0.39 is 5.97 Å². The van der Waals surface area contributed by atoms with Gasteiger partial charge in [-0.1, -0.05) is 38.1 Å². The molecule has 0 aliphatic heterocycles. The number of carbonyl (C=O) groups is 1. The Hall–Kier alpha value is -2.40. The minimum Gasteiger partial charge on any atom is -0.487 e. The molecule has 1 atom stereocenters. The predicted molar refractivity (Wildman–Crippen MR) is 97.3 cm³/mol. The largest absolute Gasteiger partial charge is 0.487 e. The van der Waals surface area contributed by atoms with Crippen LogP contribution in [0.2, 0.25) is 0 Å². The van der Waals surface area contributed by atoms with Crippen LogP contribution in [-0.2, 0) is 17.9 Å². The summed E-state index contributed by atoms with van der Waals surface area (Å²) in [6.07, 6.45) is 2.41. The maximum atomic E-state index is 11.3. The first kappa shape index (κ1) is 18.9. The lowest BCUT2D eigenvalue weighted by atomic mass is 9.97. The van der Waals surface area contributed by atoms with Crippen molar-refractivity contribution in [1.29, 1.82) is 0 Å². The number of aromatic nitrogens is 1. The van der Waals surface area contributed by atoms with Crippen LogP contribution in [0.25, 0.3) is 0 Å². The number of nitrogens with zero attached hydrogens (tertiary/aromatic N) is 1. The zero-order chi connectivity index (χ0) is 18.1. The topological polar surface area (TPSA) is 71.5 Å². The Morgan fingerprint density at radius 2 is 1.96 bits per heavy atom. The van der Waals surface area contributed by atoms with E-state index in [4.69, 9.17) is 4.74 Å². The van der Waals surface area contributed by atoms with Crippen LogP contribution < -0.4 is 10.1 Å². The van der Waals surface area contributed by atoms with Gasteiger partial charge >= 0.3 is 5.97 Å². The SMILES string of the molecule is CC(C)CC(CNCc1ccccc1OCc1ccccn1)C(=O)O. The van der Waals surface area contributed by atoms with Gasteiger partial charge in [0.15, 0.2) is 0 Å². The second-order valence-corrected chi connectivity index (χ2v) is 6.51. The molecule has 1 heterocycles. The van der Waals surface area contributed by atoms with Crippen molar-refractivity contribution in [1.82, 2.24) is 10.3 Å². The van der Waals surface area contributed by atoms with Gasteiger partial charge in [0, 0.05) is 24.8 Å². The van der Waals surface area contributed by atoms with E-state index in [9.17, 15) is 9.90 Å². The van der Waals surface area contributed by atoms with Crippen LogP contribution in [0.5, 0.6) is 5.75 Å². The molecule has 0 aliphatic carbocycles. The molecular formula is C20H26N2O3. The molecule has 134 valence electrons. The van der Waals surface area contributed by atoms with Crippen LogP contribution >= 0.6 is 0 Å². The first-order valence-corrected chi connectivity index (χ1v) is 8.60. The first-order valence-electron chi connectivity index (χ1n) is 8.60. The molecule has 0 saturated heterocycles. The molecule has 1 aromatic heterocycles. The van der Waals surface area contributed by atoms with Gasteiger partial charge in [-0.15, -0.1) is 0 Å². The molecule has 0 aliphatic rings. The third-order valence-electron chi connectivity index (χ3n) is 3.89. The molecule has 0 radical (unpaired) electrons. The molecule has 0 spiro atoms. The normalized spacial score (nSPS) is 12.1. The molecule has 0 fully saturated rings. The van der Waals surface area contributed by atoms with Gasteiger partial charge in [0.05, 0.1) is 11.6 Å². The molecule has 0 amide bonds. The highest BCUT2D eigenvalue weighted by Gasteiger charge is 2.18. The standard InChI is InChI=1S/C20H26N2O3/c1-15(2)11-17(20(23)24)13-21-12-16-7-3-4-9-19(16)25-14-18-8-5-6-10-22-18/h3-10,15,17,21H,11-14H2,1-2H3,(H,23,24). The summed E-state index contributed by atoms with van der Waals surface area (Å²) < 4.78 is 5.87. The summed E-state index contributed by atoms with van der Waals surface area (Å²) in [5.41, 5.74) is 1.88. The van der Waals surface area contributed by atoms with Gasteiger partial charge < -0.3 is 15.2 Å². The number of hydrogen-bond acceptors (Lipinski definition) is 4. The number of benzene rings is 1. The number of rotatable bonds is 10. The van der Waals surface area contributed by atoms with Gasteiger partial charge in [-0.2, -0.15) is 0 Å². The van der Waals surface area contributed by atoms with E-state index in [1.165, 1.54) is 0 Å². The van der Waals surface area contributed by atoms with Crippen LogP contribution in [0.15, 0.2) is 48.7 Å². The molecule has 5 nitrogen and oxygen atoms in total. The van der Waals surface area contributed by atoms with Gasteiger partial charge in [0.2, 0.25) is 0 Å². The lowest BCUT2D eigenvalue weighted by Crippen LogP contribution is -2.29. The number of aliphatic carboxylic acids is 1. The molecule has 0 saturated carbocycles. The Morgan fingerprint density at radius 1 is 1.20 bits per heavy atom. The lowest BCUT2D eigenvalue weighted by molar-refractivity contribution is -0.142. The van der Waals surface area contributed by atoms with Crippen LogP contribution in [0.1, 0.15) is 31.5 Å². The number of ether oxygens (including phenoxy) is 1. The zero-order valence-electron chi connectivity index (χ0n) is 14.8. The van der Waals surface area contributed by atoms with Gasteiger partial charge in [-0.25, -0.2) is 0 Å². The summed E-state index contributed by atoms with van der Waals surface area (Å²) in [5, 5.41) is 12.6. The lowest BCUT2D eigenvalue weighted by Gasteiger charge is -2.16. The van der Waals surface area contributed by atoms with E-state index >= 15 is 0 Å². The molecule has 5 heteroatoms. The fraction of sp³-hybridized carbons (Fsp3) is 0.400. The molecule has 2 aromatic rings. The van der Waals surface area contributed by atoms with Crippen LogP contribution in [-0.4, -0.2) is 22.6 Å². The fourth-order valence-corrected chi connectivity index (χ4v) is 2.65. The average molecular weight is 342 g/mol. The summed E-state index contributed by atoms with van der Waals surface area (Å²) in [4.78, 5) is 15.6. The number of para-hydroxylation sites is 1. The summed E-state index contributed by atoms with van der Waals surface area (Å²) in [7, 11) is 0. The van der Waals surface area contributed by atoms with Crippen molar-refractivity contribution < 1.29 is 14.6 Å². The number of hydrogen-bond donors (Lipinski definition) is 2. The van der Waals surface area contributed by atoms with Crippen molar-refractivity contribution in [2.24, 2.45) is 11.8 Å². The van der Waals surface area contributed by atoms with Gasteiger partial charge in [0.1, 0.15) is 12.4 Å². The van der Waals surface area contributed by atoms with Gasteiger partial charge in [-0.05, 0) is 30.5 Å². The Balaban J connectivity index is 1.90. The average Bonchev–Trinajstić information content (AvgIpc) is 2.60. The number of carboxylic acid groups (broad SMARTS) is 1. The predicted octanol–water partition coefficient (Wildman–Crippen LogP) is 3.50. The van der Waals surface area contributed by atoms with E-state index in [-0.39, 0.29) is 5.92 Å². The summed E-state index contributed by atoms with van der Waals surface area (Å²) in [6, 6.07) is 13.5. The van der Waals surface area contributed by atoms with E-state index in [2.05, 4.69) is 10.3 Å². The summed E-state index contributed by atoms with van der Waals surface area (Å²) in [5.74, 6) is 0.0239. The zero-order valence-corrected chi connectivity index (χ0v) is 14.8. The molecule has 2 rings (SSSR count). The van der Waals surface area contributed by atoms with E-state index in [1.54, 1.807) is 6.20 Å². The number of pyridine rings is 1. The second kappa shape index (κ2) is 9.79. The van der Waals surface area contributed by atoms with Crippen molar-refractivity contribution in [3.05, 3.63) is 59.9 Å². The van der Waals surface area contributed by atoms with Crippen LogP contribution in [0, 0.1) is 11.8 Å². The third kappa shape index (κ3) is 6.55. The Kier molecular flexibility index (Phi) is 7.41. The first-order chi connectivity index (χ1) is 12.1. The second-order valence-electron chi connectivity index (χ2n) is 6.51. The monoisotopic (exact) mass is 342 g/mol.